The third-order valence-corrected chi connectivity index (χ3v) is 16.0. The maximum absolute atomic E-state index is 14.8. The van der Waals surface area contributed by atoms with Gasteiger partial charge in [0.05, 0.1) is 12.8 Å². The predicted octanol–water partition coefficient (Wildman–Crippen LogP) is 10.6. The number of ether oxygens (including phenoxy) is 2. The van der Waals surface area contributed by atoms with E-state index in [1.54, 1.807) is 104 Å². The molecule has 0 aromatic heterocycles. The van der Waals surface area contributed by atoms with Gasteiger partial charge in [-0.25, -0.2) is 0 Å². The molecule has 318 valence electrons. The van der Waals surface area contributed by atoms with Crippen LogP contribution in [0.3, 0.4) is 0 Å². The molecule has 12 heteroatoms. The molecule has 4 aromatic rings. The van der Waals surface area contributed by atoms with Gasteiger partial charge in [0, 0.05) is 34.6 Å². The first-order valence-corrected chi connectivity index (χ1v) is 23.7. The third-order valence-electron chi connectivity index (χ3n) is 10.7. The van der Waals surface area contributed by atoms with Crippen molar-refractivity contribution < 1.29 is 47.4 Å². The fourth-order valence-corrected chi connectivity index (χ4v) is 13.4. The second kappa shape index (κ2) is 19.1. The smallest absolute Gasteiger partial charge is 0.306 e. The molecule has 10 nitrogen and oxygen atoms in total. The Kier molecular flexibility index (Phi) is 15.2. The lowest BCUT2D eigenvalue weighted by Crippen LogP contribution is -2.21. The van der Waals surface area contributed by atoms with Crippen LogP contribution < -0.4 is 0 Å². The summed E-state index contributed by atoms with van der Waals surface area (Å²) in [6, 6.07) is 14.2. The second-order valence-corrected chi connectivity index (χ2v) is 21.7. The summed E-state index contributed by atoms with van der Waals surface area (Å²) in [6.07, 6.45) is -2.20. The summed E-state index contributed by atoms with van der Waals surface area (Å²) >= 11 is 0. The maximum atomic E-state index is 14.8. The van der Waals surface area contributed by atoms with Gasteiger partial charge in [-0.3, -0.25) is 28.8 Å². The van der Waals surface area contributed by atoms with Gasteiger partial charge in [0.15, 0.2) is 0 Å². The summed E-state index contributed by atoms with van der Waals surface area (Å²) in [5, 5.41) is 0. The Hall–Kier alpha value is -5.04. The number of benzene rings is 4. The first kappa shape index (κ1) is 47.6. The lowest BCUT2D eigenvalue weighted by molar-refractivity contribution is -0.151. The first-order valence-electron chi connectivity index (χ1n) is 19.9. The Balaban J connectivity index is 1.48. The Morgan fingerprint density at radius 1 is 0.367 bits per heavy atom. The molecule has 0 saturated heterocycles. The third kappa shape index (κ3) is 10.3. The molecule has 0 radical (unpaired) electrons. The number of carbonyl (C=O) groups is 6. The van der Waals surface area contributed by atoms with Crippen molar-refractivity contribution in [1.29, 1.82) is 0 Å². The Morgan fingerprint density at radius 2 is 0.550 bits per heavy atom. The molecule has 0 N–H and O–H groups in total. The molecule has 0 aliphatic carbocycles. The molecule has 0 saturated carbocycles. The molecule has 0 heterocycles. The molecule has 60 heavy (non-hydrogen) atoms. The summed E-state index contributed by atoms with van der Waals surface area (Å²) < 4.78 is 40.2. The van der Waals surface area contributed by atoms with E-state index in [4.69, 9.17) is 9.47 Å². The highest BCUT2D eigenvalue weighted by Crippen LogP contribution is 2.55. The fraction of sp³-hybridized carbons (Fsp3) is 0.375. The number of hydrogen-bond acceptors (Lipinski definition) is 10. The number of aryl methyl sites for hydroxylation is 12. The highest BCUT2D eigenvalue weighted by molar-refractivity contribution is 7.95. The van der Waals surface area contributed by atoms with E-state index in [-0.39, 0.29) is 22.3 Å². The zero-order valence-electron chi connectivity index (χ0n) is 36.8. The van der Waals surface area contributed by atoms with E-state index in [0.29, 0.717) is 44.5 Å². The lowest BCUT2D eigenvalue weighted by Gasteiger charge is -2.21. The minimum absolute atomic E-state index is 0.182. The van der Waals surface area contributed by atoms with Crippen LogP contribution in [0, 0.1) is 83.1 Å². The molecule has 0 aliphatic heterocycles. The van der Waals surface area contributed by atoms with E-state index in [1.165, 1.54) is 0 Å². The normalized spacial score (nSPS) is 11.6. The topological polar surface area (TPSA) is 155 Å². The molecule has 0 bridgehead atoms. The molecule has 0 spiro atoms. The second-order valence-electron chi connectivity index (χ2n) is 16.2. The summed E-state index contributed by atoms with van der Waals surface area (Å²) in [7, 11) is -8.88. The van der Waals surface area contributed by atoms with Crippen molar-refractivity contribution in [1.82, 2.24) is 0 Å². The van der Waals surface area contributed by atoms with E-state index in [9.17, 15) is 37.9 Å². The standard InChI is InChI=1S/C48H56O10P2/c1-27-19-31(5)41(32(6)20-27)45(51)59(55,46(52)42-33(7)21-28(2)22-34(42)8)17-13-39(49)57-15-16-58-40(50)14-18-60(56,47(53)43-35(9)23-29(3)24-36(43)10)48(54)44-37(11)25-30(4)26-38(44)12/h19-26H,13-18H2,1-12H3. The van der Waals surface area contributed by atoms with Crippen molar-refractivity contribution in [2.75, 3.05) is 25.5 Å². The summed E-state index contributed by atoms with van der Waals surface area (Å²) in [4.78, 5) is 82.8. The van der Waals surface area contributed by atoms with Crippen molar-refractivity contribution in [3.63, 3.8) is 0 Å². The van der Waals surface area contributed by atoms with Crippen molar-refractivity contribution in [3.8, 4) is 0 Å². The SMILES string of the molecule is Cc1cc(C)c(C(=O)P(=O)(CCC(=O)OCCOC(=O)CCP(=O)(C(=O)c2c(C)cc(C)cc2C)C(=O)c2c(C)cc(C)cc2C)C(=O)c2c(C)cc(C)cc2C)c(C)c1. The largest absolute Gasteiger partial charge is 0.462 e. The summed E-state index contributed by atoms with van der Waals surface area (Å²) in [5.41, 5.74) is 5.57. The Bertz CT molecular complexity index is 2130. The highest BCUT2D eigenvalue weighted by Gasteiger charge is 2.45. The Morgan fingerprint density at radius 3 is 0.733 bits per heavy atom. The Labute approximate surface area is 353 Å². The number of esters is 2. The molecule has 0 aliphatic rings. The van der Waals surface area contributed by atoms with Gasteiger partial charge in [0.25, 0.3) is 0 Å². The van der Waals surface area contributed by atoms with Crippen LogP contribution in [0.15, 0.2) is 48.5 Å². The van der Waals surface area contributed by atoms with E-state index in [0.717, 1.165) is 22.3 Å². The van der Waals surface area contributed by atoms with Crippen LogP contribution in [0.2, 0.25) is 0 Å². The minimum Gasteiger partial charge on any atom is -0.462 e. The highest BCUT2D eigenvalue weighted by atomic mass is 31.2. The number of carbonyl (C=O) groups excluding carboxylic acids is 6. The monoisotopic (exact) mass is 854 g/mol. The molecule has 4 rings (SSSR count). The van der Waals surface area contributed by atoms with Crippen molar-refractivity contribution >= 4 is 48.3 Å². The van der Waals surface area contributed by atoms with Gasteiger partial charge in [0.1, 0.15) is 13.2 Å². The minimum atomic E-state index is -4.44. The van der Waals surface area contributed by atoms with Gasteiger partial charge < -0.3 is 18.6 Å². The van der Waals surface area contributed by atoms with Crippen LogP contribution in [0.1, 0.15) is 121 Å². The van der Waals surface area contributed by atoms with Gasteiger partial charge in [-0.05, 0) is 128 Å². The van der Waals surface area contributed by atoms with Crippen LogP contribution in [0.25, 0.3) is 0 Å². The van der Waals surface area contributed by atoms with Gasteiger partial charge in [-0.1, -0.05) is 70.8 Å². The zero-order valence-corrected chi connectivity index (χ0v) is 38.6. The molecular formula is C48H56O10P2. The predicted molar refractivity (Wildman–Crippen MR) is 236 cm³/mol. The maximum Gasteiger partial charge on any atom is 0.306 e. The molecular weight excluding hydrogens is 798 g/mol. The molecule has 4 aromatic carbocycles. The lowest BCUT2D eigenvalue weighted by atomic mass is 10.0. The average molecular weight is 855 g/mol. The van der Waals surface area contributed by atoms with Crippen molar-refractivity contribution in [2.24, 2.45) is 0 Å². The molecule has 0 fully saturated rings. The summed E-state index contributed by atoms with van der Waals surface area (Å²) in [5.74, 6) is -1.73. The quantitative estimate of drug-likeness (QED) is 0.0569. The number of rotatable bonds is 17. The van der Waals surface area contributed by atoms with Crippen LogP contribution in [-0.2, 0) is 28.2 Å². The molecule has 0 amide bonds. The molecule has 0 unspecified atom stereocenters. The first-order chi connectivity index (χ1) is 27.9. The van der Waals surface area contributed by atoms with E-state index >= 15 is 0 Å². The summed E-state index contributed by atoms with van der Waals surface area (Å²) in [6.45, 7) is 20.4. The van der Waals surface area contributed by atoms with E-state index in [2.05, 4.69) is 0 Å². The van der Waals surface area contributed by atoms with Gasteiger partial charge >= 0.3 is 11.9 Å². The van der Waals surface area contributed by atoms with Crippen LogP contribution in [0.4, 0.5) is 0 Å². The van der Waals surface area contributed by atoms with Crippen molar-refractivity contribution in [2.45, 2.75) is 95.9 Å². The van der Waals surface area contributed by atoms with E-state index in [1.807, 2.05) is 27.7 Å². The van der Waals surface area contributed by atoms with Gasteiger partial charge in [-0.15, -0.1) is 0 Å². The van der Waals surface area contributed by atoms with Gasteiger partial charge in [-0.2, -0.15) is 0 Å². The number of hydrogen-bond donors (Lipinski definition) is 0. The van der Waals surface area contributed by atoms with Crippen LogP contribution in [-0.4, -0.2) is 59.6 Å². The van der Waals surface area contributed by atoms with E-state index < -0.39 is 86.7 Å². The fourth-order valence-electron chi connectivity index (χ4n) is 8.34. The zero-order chi connectivity index (χ0) is 45.0. The average Bonchev–Trinajstić information content (AvgIpc) is 3.12. The molecule has 0 atom stereocenters. The van der Waals surface area contributed by atoms with Crippen LogP contribution in [0.5, 0.6) is 0 Å². The van der Waals surface area contributed by atoms with Gasteiger partial charge in [0.2, 0.25) is 36.4 Å². The van der Waals surface area contributed by atoms with Crippen LogP contribution >= 0.6 is 14.3 Å². The van der Waals surface area contributed by atoms with Crippen molar-refractivity contribution in [3.05, 3.63) is 138 Å².